The van der Waals surface area contributed by atoms with Crippen molar-refractivity contribution in [2.45, 2.75) is 26.7 Å². The molecule has 0 spiro atoms. The average molecular weight is 281 g/mol. The quantitative estimate of drug-likeness (QED) is 0.796. The maximum atomic E-state index is 5.56. The van der Waals surface area contributed by atoms with E-state index in [0.29, 0.717) is 6.54 Å². The summed E-state index contributed by atoms with van der Waals surface area (Å²) < 4.78 is 1.82. The van der Waals surface area contributed by atoms with E-state index in [0.717, 1.165) is 35.6 Å². The van der Waals surface area contributed by atoms with E-state index in [1.54, 1.807) is 0 Å². The van der Waals surface area contributed by atoms with E-state index in [1.807, 2.05) is 16.6 Å². The Morgan fingerprint density at radius 3 is 2.67 bits per heavy atom. The van der Waals surface area contributed by atoms with Crippen LogP contribution in [0.1, 0.15) is 23.4 Å². The van der Waals surface area contributed by atoms with Crippen molar-refractivity contribution in [3.8, 4) is 11.3 Å². The maximum absolute atomic E-state index is 5.56. The number of nitrogens with two attached hydrogens (primary N) is 1. The molecule has 0 unspecified atom stereocenters. The summed E-state index contributed by atoms with van der Waals surface area (Å²) in [6.07, 6.45) is 1.68. The van der Waals surface area contributed by atoms with Crippen molar-refractivity contribution in [3.63, 3.8) is 0 Å². The number of aromatic nitrogens is 4. The molecule has 0 amide bonds. The van der Waals surface area contributed by atoms with Gasteiger partial charge >= 0.3 is 0 Å². The van der Waals surface area contributed by atoms with Crippen LogP contribution in [0.25, 0.3) is 16.9 Å². The normalized spacial score (nSPS) is 11.2. The largest absolute Gasteiger partial charge is 0.330 e. The molecule has 5 heteroatoms. The topological polar surface area (TPSA) is 69.1 Å². The highest BCUT2D eigenvalue weighted by Crippen LogP contribution is 2.20. The minimum atomic E-state index is 0.645. The summed E-state index contributed by atoms with van der Waals surface area (Å²) in [5.74, 6) is 0.862. The molecule has 0 fully saturated rings. The molecule has 108 valence electrons. The van der Waals surface area contributed by atoms with Crippen LogP contribution in [0, 0.1) is 13.8 Å². The zero-order valence-corrected chi connectivity index (χ0v) is 12.4. The Morgan fingerprint density at radius 1 is 1.05 bits per heavy atom. The Kier molecular flexibility index (Phi) is 3.66. The number of benzene rings is 1. The van der Waals surface area contributed by atoms with Gasteiger partial charge in [-0.3, -0.25) is 0 Å². The molecular weight excluding hydrogens is 262 g/mol. The molecule has 0 aliphatic rings. The van der Waals surface area contributed by atoms with Crippen LogP contribution in [-0.2, 0) is 6.42 Å². The highest BCUT2D eigenvalue weighted by molar-refractivity contribution is 5.61. The molecule has 0 bridgehead atoms. The Balaban J connectivity index is 2.04. The lowest BCUT2D eigenvalue weighted by Crippen LogP contribution is -2.05. The lowest BCUT2D eigenvalue weighted by Gasteiger charge is -2.06. The summed E-state index contributed by atoms with van der Waals surface area (Å²) >= 11 is 0. The van der Waals surface area contributed by atoms with Gasteiger partial charge in [0.05, 0.1) is 5.69 Å². The van der Waals surface area contributed by atoms with Gasteiger partial charge in [0.15, 0.2) is 11.5 Å². The van der Waals surface area contributed by atoms with E-state index >= 15 is 0 Å². The molecule has 0 radical (unpaired) electrons. The molecule has 0 aliphatic carbocycles. The summed E-state index contributed by atoms with van der Waals surface area (Å²) in [5.41, 5.74) is 10.9. The van der Waals surface area contributed by atoms with E-state index in [2.05, 4.69) is 47.3 Å². The SMILES string of the molecule is Cc1ccc(-c2ccc3nnc(CCCN)n3n2)cc1C. The van der Waals surface area contributed by atoms with E-state index in [4.69, 9.17) is 5.73 Å². The van der Waals surface area contributed by atoms with Crippen molar-refractivity contribution < 1.29 is 0 Å². The van der Waals surface area contributed by atoms with Crippen molar-refractivity contribution >= 4 is 5.65 Å². The van der Waals surface area contributed by atoms with Crippen LogP contribution in [0.3, 0.4) is 0 Å². The second-order valence-electron chi connectivity index (χ2n) is 5.30. The molecule has 3 rings (SSSR count). The van der Waals surface area contributed by atoms with Gasteiger partial charge in [0, 0.05) is 12.0 Å². The van der Waals surface area contributed by atoms with Gasteiger partial charge in [-0.05, 0) is 56.1 Å². The van der Waals surface area contributed by atoms with Gasteiger partial charge in [-0.25, -0.2) is 0 Å². The summed E-state index contributed by atoms with van der Waals surface area (Å²) in [5, 5.41) is 13.0. The third kappa shape index (κ3) is 2.64. The summed E-state index contributed by atoms with van der Waals surface area (Å²) in [6, 6.07) is 10.3. The molecule has 5 nitrogen and oxygen atoms in total. The molecule has 2 N–H and O–H groups in total. The molecule has 0 saturated carbocycles. The number of aryl methyl sites for hydroxylation is 3. The van der Waals surface area contributed by atoms with Crippen LogP contribution >= 0.6 is 0 Å². The highest BCUT2D eigenvalue weighted by atomic mass is 15.4. The molecule has 1 aromatic carbocycles. The number of rotatable bonds is 4. The molecule has 2 aromatic heterocycles. The molecule has 0 atom stereocenters. The van der Waals surface area contributed by atoms with Gasteiger partial charge in [-0.2, -0.15) is 9.61 Å². The van der Waals surface area contributed by atoms with Gasteiger partial charge in [-0.15, -0.1) is 10.2 Å². The van der Waals surface area contributed by atoms with Crippen molar-refractivity contribution in [3.05, 3.63) is 47.3 Å². The van der Waals surface area contributed by atoms with Crippen molar-refractivity contribution in [1.29, 1.82) is 0 Å². The van der Waals surface area contributed by atoms with Crippen LogP contribution in [0.5, 0.6) is 0 Å². The van der Waals surface area contributed by atoms with E-state index in [9.17, 15) is 0 Å². The van der Waals surface area contributed by atoms with E-state index in [1.165, 1.54) is 11.1 Å². The lowest BCUT2D eigenvalue weighted by atomic mass is 10.0. The predicted octanol–water partition coefficient (Wildman–Crippen LogP) is 2.30. The van der Waals surface area contributed by atoms with Gasteiger partial charge in [-0.1, -0.05) is 12.1 Å². The van der Waals surface area contributed by atoms with Crippen LogP contribution < -0.4 is 5.73 Å². The maximum Gasteiger partial charge on any atom is 0.177 e. The first-order valence-corrected chi connectivity index (χ1v) is 7.18. The molecule has 0 saturated heterocycles. The number of fused-ring (bicyclic) bond motifs is 1. The smallest absolute Gasteiger partial charge is 0.177 e. The number of hydrogen-bond acceptors (Lipinski definition) is 4. The molecular formula is C16H19N5. The number of nitrogens with zero attached hydrogens (tertiary/aromatic N) is 4. The minimum Gasteiger partial charge on any atom is -0.330 e. The second-order valence-corrected chi connectivity index (χ2v) is 5.30. The van der Waals surface area contributed by atoms with Gasteiger partial charge in [0.25, 0.3) is 0 Å². The zero-order chi connectivity index (χ0) is 14.8. The third-order valence-corrected chi connectivity index (χ3v) is 3.73. The summed E-state index contributed by atoms with van der Waals surface area (Å²) in [6.45, 7) is 4.87. The van der Waals surface area contributed by atoms with Gasteiger partial charge in [0.1, 0.15) is 0 Å². The monoisotopic (exact) mass is 281 g/mol. The third-order valence-electron chi connectivity index (χ3n) is 3.73. The van der Waals surface area contributed by atoms with Gasteiger partial charge in [0.2, 0.25) is 0 Å². The summed E-state index contributed by atoms with van der Waals surface area (Å²) in [7, 11) is 0. The predicted molar refractivity (Wildman–Crippen MR) is 83.1 cm³/mol. The minimum absolute atomic E-state index is 0.645. The Hall–Kier alpha value is -2.27. The first-order valence-electron chi connectivity index (χ1n) is 7.18. The standard InChI is InChI=1S/C16H19N5/c1-11-5-6-13(10-12(11)2)14-7-8-16-19-18-15(4-3-9-17)21(16)20-14/h5-8,10H,3-4,9,17H2,1-2H3. The molecule has 3 aromatic rings. The van der Waals surface area contributed by atoms with Gasteiger partial charge < -0.3 is 5.73 Å². The average Bonchev–Trinajstić information content (AvgIpc) is 2.90. The summed E-state index contributed by atoms with van der Waals surface area (Å²) in [4.78, 5) is 0. The Labute approximate surface area is 123 Å². The first kappa shape index (κ1) is 13.7. The fourth-order valence-electron chi connectivity index (χ4n) is 2.30. The zero-order valence-electron chi connectivity index (χ0n) is 12.4. The van der Waals surface area contributed by atoms with E-state index < -0.39 is 0 Å². The van der Waals surface area contributed by atoms with Crippen molar-refractivity contribution in [1.82, 2.24) is 19.8 Å². The lowest BCUT2D eigenvalue weighted by molar-refractivity contribution is 0.740. The fourth-order valence-corrected chi connectivity index (χ4v) is 2.30. The number of hydrogen-bond donors (Lipinski definition) is 1. The first-order chi connectivity index (χ1) is 10.2. The highest BCUT2D eigenvalue weighted by Gasteiger charge is 2.08. The molecule has 21 heavy (non-hydrogen) atoms. The van der Waals surface area contributed by atoms with Crippen LogP contribution in [0.15, 0.2) is 30.3 Å². The van der Waals surface area contributed by atoms with Crippen LogP contribution in [0.2, 0.25) is 0 Å². The van der Waals surface area contributed by atoms with E-state index in [-0.39, 0.29) is 0 Å². The fraction of sp³-hybridized carbons (Fsp3) is 0.312. The molecule has 2 heterocycles. The van der Waals surface area contributed by atoms with Crippen LogP contribution in [0.4, 0.5) is 0 Å². The Bertz CT molecular complexity index is 775. The Morgan fingerprint density at radius 2 is 1.90 bits per heavy atom. The second kappa shape index (κ2) is 5.61. The molecule has 0 aliphatic heterocycles. The van der Waals surface area contributed by atoms with Crippen molar-refractivity contribution in [2.24, 2.45) is 5.73 Å². The van der Waals surface area contributed by atoms with Crippen molar-refractivity contribution in [2.75, 3.05) is 6.54 Å². The van der Waals surface area contributed by atoms with Crippen LogP contribution in [-0.4, -0.2) is 26.4 Å².